The van der Waals surface area contributed by atoms with E-state index in [4.69, 9.17) is 10.5 Å². The van der Waals surface area contributed by atoms with E-state index in [1.807, 2.05) is 19.1 Å². The molecule has 0 radical (unpaired) electrons. The van der Waals surface area contributed by atoms with E-state index in [1.54, 1.807) is 19.2 Å². The van der Waals surface area contributed by atoms with Crippen LogP contribution in [0.25, 0.3) is 0 Å². The van der Waals surface area contributed by atoms with Crippen molar-refractivity contribution in [3.63, 3.8) is 0 Å². The van der Waals surface area contributed by atoms with Gasteiger partial charge in [0.25, 0.3) is 0 Å². The Bertz CT molecular complexity index is 460. The maximum atomic E-state index is 11.8. The van der Waals surface area contributed by atoms with Gasteiger partial charge in [0, 0.05) is 6.54 Å². The summed E-state index contributed by atoms with van der Waals surface area (Å²) in [5.41, 5.74) is 6.71. The van der Waals surface area contributed by atoms with E-state index in [2.05, 4.69) is 10.6 Å². The van der Waals surface area contributed by atoms with Crippen molar-refractivity contribution in [3.05, 3.63) is 29.8 Å². The summed E-state index contributed by atoms with van der Waals surface area (Å²) >= 11 is 0. The number of hydrogen-bond acceptors (Lipinski definition) is 4. The van der Waals surface area contributed by atoms with Crippen LogP contribution in [0.3, 0.4) is 0 Å². The highest BCUT2D eigenvalue weighted by Gasteiger charge is 2.16. The molecule has 1 unspecified atom stereocenters. The van der Waals surface area contributed by atoms with Crippen LogP contribution in [0.4, 0.5) is 4.79 Å². The molecule has 0 aromatic heterocycles. The number of nitrogens with two attached hydrogens (primary N) is 1. The molecule has 6 nitrogen and oxygen atoms in total. The van der Waals surface area contributed by atoms with Gasteiger partial charge in [0.2, 0.25) is 5.91 Å². The van der Waals surface area contributed by atoms with E-state index in [1.165, 1.54) is 0 Å². The van der Waals surface area contributed by atoms with Crippen LogP contribution in [0, 0.1) is 0 Å². The molecular formula is C15H23N3O3. The number of amides is 3. The number of hydrogen-bond donors (Lipinski definition) is 3. The van der Waals surface area contributed by atoms with E-state index in [0.29, 0.717) is 13.0 Å². The van der Waals surface area contributed by atoms with Gasteiger partial charge >= 0.3 is 6.03 Å². The first-order valence-electron chi connectivity index (χ1n) is 7.04. The molecule has 6 heteroatoms. The Morgan fingerprint density at radius 3 is 2.52 bits per heavy atom. The number of carbonyl (C=O) groups is 2. The van der Waals surface area contributed by atoms with Gasteiger partial charge in [-0.3, -0.25) is 10.1 Å². The molecule has 116 valence electrons. The second-order valence-corrected chi connectivity index (χ2v) is 4.76. The fourth-order valence-corrected chi connectivity index (χ4v) is 1.74. The Balaban J connectivity index is 2.41. The van der Waals surface area contributed by atoms with E-state index >= 15 is 0 Å². The predicted octanol–water partition coefficient (Wildman–Crippen LogP) is 1.19. The summed E-state index contributed by atoms with van der Waals surface area (Å²) in [6.45, 7) is 2.57. The lowest BCUT2D eigenvalue weighted by Crippen LogP contribution is -2.48. The number of urea groups is 1. The summed E-state index contributed by atoms with van der Waals surface area (Å²) in [7, 11) is 1.59. The first kappa shape index (κ1) is 17.0. The van der Waals surface area contributed by atoms with Gasteiger partial charge in [-0.15, -0.1) is 0 Å². The van der Waals surface area contributed by atoms with Gasteiger partial charge in [-0.25, -0.2) is 4.79 Å². The number of methoxy groups -OCH3 is 1. The molecule has 0 aliphatic rings. The minimum Gasteiger partial charge on any atom is -0.497 e. The lowest BCUT2D eigenvalue weighted by Gasteiger charge is -2.12. The molecule has 21 heavy (non-hydrogen) atoms. The highest BCUT2D eigenvalue weighted by Crippen LogP contribution is 2.12. The lowest BCUT2D eigenvalue weighted by molar-refractivity contribution is -0.121. The topological polar surface area (TPSA) is 93.5 Å². The summed E-state index contributed by atoms with van der Waals surface area (Å²) < 4.78 is 5.06. The van der Waals surface area contributed by atoms with Crippen LogP contribution < -0.4 is 21.1 Å². The largest absolute Gasteiger partial charge is 0.497 e. The van der Waals surface area contributed by atoms with Gasteiger partial charge in [-0.1, -0.05) is 25.5 Å². The molecule has 1 aromatic carbocycles. The van der Waals surface area contributed by atoms with E-state index in [-0.39, 0.29) is 0 Å². The van der Waals surface area contributed by atoms with Crippen molar-refractivity contribution in [3.8, 4) is 5.75 Å². The van der Waals surface area contributed by atoms with Crippen molar-refractivity contribution in [2.75, 3.05) is 13.7 Å². The quantitative estimate of drug-likeness (QED) is 0.658. The summed E-state index contributed by atoms with van der Waals surface area (Å²) in [5, 5.41) is 4.85. The van der Waals surface area contributed by atoms with Gasteiger partial charge in [0.1, 0.15) is 5.75 Å². The Morgan fingerprint density at radius 1 is 1.29 bits per heavy atom. The normalized spacial score (nSPS) is 11.6. The maximum Gasteiger partial charge on any atom is 0.321 e. The molecule has 0 bridgehead atoms. The van der Waals surface area contributed by atoms with Crippen molar-refractivity contribution >= 4 is 11.9 Å². The molecule has 0 saturated heterocycles. The van der Waals surface area contributed by atoms with E-state index in [0.717, 1.165) is 24.2 Å². The number of carbonyl (C=O) groups excluding carboxylic acids is 2. The number of unbranched alkanes of at least 4 members (excludes halogenated alkanes) is 1. The second kappa shape index (κ2) is 8.97. The molecule has 1 atom stereocenters. The van der Waals surface area contributed by atoms with Gasteiger partial charge in [0.05, 0.1) is 13.2 Å². The third-order valence-corrected chi connectivity index (χ3v) is 3.00. The van der Waals surface area contributed by atoms with Crippen molar-refractivity contribution in [1.82, 2.24) is 10.6 Å². The third-order valence-electron chi connectivity index (χ3n) is 3.00. The Kier molecular flexibility index (Phi) is 7.25. The highest BCUT2D eigenvalue weighted by molar-refractivity contribution is 5.96. The van der Waals surface area contributed by atoms with Gasteiger partial charge in [-0.2, -0.15) is 0 Å². The maximum absolute atomic E-state index is 11.8. The van der Waals surface area contributed by atoms with Gasteiger partial charge in [0.15, 0.2) is 0 Å². The summed E-state index contributed by atoms with van der Waals surface area (Å²) in [4.78, 5) is 23.2. The molecule has 3 amide bonds. The minimum atomic E-state index is -0.768. The molecule has 1 aromatic rings. The van der Waals surface area contributed by atoms with Crippen LogP contribution in [0.2, 0.25) is 0 Å². The van der Waals surface area contributed by atoms with Crippen molar-refractivity contribution in [2.24, 2.45) is 5.73 Å². The van der Waals surface area contributed by atoms with Crippen LogP contribution in [0.15, 0.2) is 24.3 Å². The Hall–Kier alpha value is -2.08. The molecule has 0 saturated carbocycles. The molecule has 0 aliphatic heterocycles. The molecule has 4 N–H and O–H groups in total. The predicted molar refractivity (Wildman–Crippen MR) is 81.1 cm³/mol. The number of ether oxygens (including phenoxy) is 1. The average molecular weight is 293 g/mol. The molecular weight excluding hydrogens is 270 g/mol. The molecule has 0 heterocycles. The van der Waals surface area contributed by atoms with Crippen LogP contribution in [0.5, 0.6) is 5.75 Å². The van der Waals surface area contributed by atoms with Crippen LogP contribution in [-0.4, -0.2) is 31.6 Å². The second-order valence-electron chi connectivity index (χ2n) is 4.76. The number of rotatable bonds is 7. The van der Waals surface area contributed by atoms with Gasteiger partial charge < -0.3 is 15.8 Å². The van der Waals surface area contributed by atoms with Crippen molar-refractivity contribution in [1.29, 1.82) is 0 Å². The third kappa shape index (κ3) is 6.27. The lowest BCUT2D eigenvalue weighted by atomic mass is 10.1. The first-order valence-corrected chi connectivity index (χ1v) is 7.04. The Morgan fingerprint density at radius 2 is 1.95 bits per heavy atom. The SMILES string of the molecule is CCCCNC(=O)NC(=O)C(N)Cc1ccc(OC)cc1. The van der Waals surface area contributed by atoms with Crippen LogP contribution in [-0.2, 0) is 11.2 Å². The zero-order valence-corrected chi connectivity index (χ0v) is 12.5. The smallest absolute Gasteiger partial charge is 0.321 e. The van der Waals surface area contributed by atoms with Crippen LogP contribution in [0.1, 0.15) is 25.3 Å². The van der Waals surface area contributed by atoms with Gasteiger partial charge in [-0.05, 0) is 30.5 Å². The first-order chi connectivity index (χ1) is 10.1. The van der Waals surface area contributed by atoms with E-state index < -0.39 is 18.0 Å². The number of benzene rings is 1. The molecule has 0 fully saturated rings. The molecule has 0 spiro atoms. The summed E-state index contributed by atoms with van der Waals surface area (Å²) in [6, 6.07) is 6.02. The monoisotopic (exact) mass is 293 g/mol. The van der Waals surface area contributed by atoms with Crippen molar-refractivity contribution in [2.45, 2.75) is 32.2 Å². The molecule has 1 rings (SSSR count). The highest BCUT2D eigenvalue weighted by atomic mass is 16.5. The zero-order valence-electron chi connectivity index (χ0n) is 12.5. The Labute approximate surface area is 125 Å². The zero-order chi connectivity index (χ0) is 15.7. The fraction of sp³-hybridized carbons (Fsp3) is 0.467. The number of nitrogens with one attached hydrogen (secondary N) is 2. The average Bonchev–Trinajstić information content (AvgIpc) is 2.48. The molecule has 0 aliphatic carbocycles. The summed E-state index contributed by atoms with van der Waals surface area (Å²) in [5.74, 6) is 0.256. The minimum absolute atomic E-state index is 0.359. The standard InChI is InChI=1S/C15H23N3O3/c1-3-4-9-17-15(20)18-14(19)13(16)10-11-5-7-12(21-2)8-6-11/h5-8,13H,3-4,9-10,16H2,1-2H3,(H2,17,18,19,20). The van der Waals surface area contributed by atoms with Crippen LogP contribution >= 0.6 is 0 Å². The number of imide groups is 1. The fourth-order valence-electron chi connectivity index (χ4n) is 1.74. The summed E-state index contributed by atoms with van der Waals surface area (Å²) in [6.07, 6.45) is 2.21. The van der Waals surface area contributed by atoms with Crippen molar-refractivity contribution < 1.29 is 14.3 Å². The van der Waals surface area contributed by atoms with E-state index in [9.17, 15) is 9.59 Å².